The lowest BCUT2D eigenvalue weighted by molar-refractivity contribution is -0.121. The van der Waals surface area contributed by atoms with E-state index in [0.29, 0.717) is 17.9 Å². The van der Waals surface area contributed by atoms with Crippen LogP contribution in [0.5, 0.6) is 0 Å². The molecule has 1 aromatic heterocycles. The molecule has 1 atom stereocenters. The number of para-hydroxylation sites is 2. The van der Waals surface area contributed by atoms with E-state index in [1.807, 2.05) is 85.1 Å². The van der Waals surface area contributed by atoms with Crippen molar-refractivity contribution in [2.24, 2.45) is 0 Å². The average molecular weight is 427 g/mol. The third kappa shape index (κ3) is 4.86. The number of fused-ring (bicyclic) bond motifs is 1. The molecule has 3 aromatic carbocycles. The van der Waals surface area contributed by atoms with Crippen LogP contribution in [-0.2, 0) is 17.9 Å². The Balaban J connectivity index is 1.52. The number of hydrogen-bond donors (Lipinski definition) is 2. The van der Waals surface area contributed by atoms with E-state index in [-0.39, 0.29) is 24.4 Å². The van der Waals surface area contributed by atoms with Gasteiger partial charge in [-0.05, 0) is 43.7 Å². The smallest absolute Gasteiger partial charge is 0.251 e. The monoisotopic (exact) mass is 426 g/mol. The summed E-state index contributed by atoms with van der Waals surface area (Å²) >= 11 is 0. The van der Waals surface area contributed by atoms with E-state index in [2.05, 4.69) is 10.6 Å². The van der Waals surface area contributed by atoms with E-state index in [0.717, 1.165) is 16.6 Å². The highest BCUT2D eigenvalue weighted by molar-refractivity contribution is 5.94. The minimum absolute atomic E-state index is 0.114. The van der Waals surface area contributed by atoms with E-state index >= 15 is 0 Å². The summed E-state index contributed by atoms with van der Waals surface area (Å²) in [5.74, 6) is 0.345. The highest BCUT2D eigenvalue weighted by atomic mass is 16.2. The van der Waals surface area contributed by atoms with Gasteiger partial charge in [-0.1, -0.05) is 60.2 Å². The van der Waals surface area contributed by atoms with Crippen molar-refractivity contribution in [2.45, 2.75) is 33.0 Å². The quantitative estimate of drug-likeness (QED) is 0.466. The average Bonchev–Trinajstić information content (AvgIpc) is 3.18. The Hall–Kier alpha value is -3.93. The van der Waals surface area contributed by atoms with Crippen LogP contribution in [0, 0.1) is 6.92 Å². The van der Waals surface area contributed by atoms with E-state index in [1.54, 1.807) is 12.1 Å². The van der Waals surface area contributed by atoms with Gasteiger partial charge >= 0.3 is 0 Å². The van der Waals surface area contributed by atoms with Crippen molar-refractivity contribution in [3.8, 4) is 0 Å². The number of aromatic nitrogens is 2. The maximum atomic E-state index is 12.8. The molecule has 0 aliphatic carbocycles. The van der Waals surface area contributed by atoms with Crippen LogP contribution in [0.4, 0.5) is 0 Å². The summed E-state index contributed by atoms with van der Waals surface area (Å²) in [4.78, 5) is 30.1. The summed E-state index contributed by atoms with van der Waals surface area (Å²) in [6, 6.07) is 24.4. The normalized spacial score (nSPS) is 11.8. The molecule has 0 radical (unpaired) electrons. The van der Waals surface area contributed by atoms with Gasteiger partial charge in [-0.15, -0.1) is 0 Å². The Kier molecular flexibility index (Phi) is 6.31. The minimum atomic E-state index is -0.375. The molecule has 162 valence electrons. The molecule has 4 rings (SSSR count). The Morgan fingerprint density at radius 3 is 2.38 bits per heavy atom. The molecule has 32 heavy (non-hydrogen) atoms. The first kappa shape index (κ1) is 21.3. The van der Waals surface area contributed by atoms with Crippen LogP contribution in [-0.4, -0.2) is 21.4 Å². The second-order valence-corrected chi connectivity index (χ2v) is 7.87. The van der Waals surface area contributed by atoms with Crippen molar-refractivity contribution < 1.29 is 9.59 Å². The van der Waals surface area contributed by atoms with Gasteiger partial charge < -0.3 is 15.2 Å². The van der Waals surface area contributed by atoms with Crippen molar-refractivity contribution in [3.05, 3.63) is 101 Å². The second-order valence-electron chi connectivity index (χ2n) is 7.87. The second kappa shape index (κ2) is 9.47. The standard InChI is InChI=1S/C26H26N4O2/c1-18-12-14-20(15-13-18)16-27-24(31)17-30-23-11-7-6-10-22(23)29-25(30)19(2)28-26(32)21-8-4-3-5-9-21/h3-15,19H,16-17H2,1-2H3,(H,27,31)(H,28,32)/t19-/m0/s1. The zero-order valence-corrected chi connectivity index (χ0v) is 18.2. The summed E-state index contributed by atoms with van der Waals surface area (Å²) in [6.45, 7) is 4.49. The highest BCUT2D eigenvalue weighted by Crippen LogP contribution is 2.21. The lowest BCUT2D eigenvalue weighted by Crippen LogP contribution is -2.31. The molecule has 0 aliphatic heterocycles. The Morgan fingerprint density at radius 2 is 1.62 bits per heavy atom. The summed E-state index contributed by atoms with van der Waals surface area (Å²) in [7, 11) is 0. The van der Waals surface area contributed by atoms with Gasteiger partial charge in [-0.3, -0.25) is 9.59 Å². The van der Waals surface area contributed by atoms with Gasteiger partial charge in [0.15, 0.2) is 0 Å². The number of rotatable bonds is 7. The fourth-order valence-corrected chi connectivity index (χ4v) is 3.63. The first-order chi connectivity index (χ1) is 15.5. The molecular weight excluding hydrogens is 400 g/mol. The van der Waals surface area contributed by atoms with Crippen molar-refractivity contribution in [3.63, 3.8) is 0 Å². The van der Waals surface area contributed by atoms with Crippen LogP contribution >= 0.6 is 0 Å². The molecule has 0 spiro atoms. The molecular formula is C26H26N4O2. The maximum Gasteiger partial charge on any atom is 0.251 e. The van der Waals surface area contributed by atoms with Crippen LogP contribution in [0.1, 0.15) is 40.3 Å². The van der Waals surface area contributed by atoms with Crippen LogP contribution in [0.2, 0.25) is 0 Å². The zero-order chi connectivity index (χ0) is 22.5. The molecule has 0 bridgehead atoms. The molecule has 4 aromatic rings. The van der Waals surface area contributed by atoms with Crippen LogP contribution in [0.3, 0.4) is 0 Å². The van der Waals surface area contributed by atoms with Gasteiger partial charge in [0.05, 0.1) is 17.1 Å². The molecule has 2 amide bonds. The SMILES string of the molecule is Cc1ccc(CNC(=O)Cn2c([C@H](C)NC(=O)c3ccccc3)nc3ccccc32)cc1. The highest BCUT2D eigenvalue weighted by Gasteiger charge is 2.20. The predicted molar refractivity (Wildman–Crippen MR) is 125 cm³/mol. The first-order valence-corrected chi connectivity index (χ1v) is 10.6. The first-order valence-electron chi connectivity index (χ1n) is 10.6. The third-order valence-corrected chi connectivity index (χ3v) is 5.37. The topological polar surface area (TPSA) is 76.0 Å². The summed E-state index contributed by atoms with van der Waals surface area (Å²) < 4.78 is 1.87. The Bertz CT molecular complexity index is 1230. The molecule has 1 heterocycles. The zero-order valence-electron chi connectivity index (χ0n) is 18.2. The van der Waals surface area contributed by atoms with E-state index in [4.69, 9.17) is 4.98 Å². The number of carbonyl (C=O) groups is 2. The number of benzene rings is 3. The fourth-order valence-electron chi connectivity index (χ4n) is 3.63. The van der Waals surface area contributed by atoms with Gasteiger partial charge in [-0.25, -0.2) is 4.98 Å². The molecule has 0 saturated heterocycles. The lowest BCUT2D eigenvalue weighted by Gasteiger charge is -2.16. The number of nitrogens with one attached hydrogen (secondary N) is 2. The number of imidazole rings is 1. The molecule has 6 heteroatoms. The molecule has 0 saturated carbocycles. The van der Waals surface area contributed by atoms with Crippen LogP contribution in [0.25, 0.3) is 11.0 Å². The largest absolute Gasteiger partial charge is 0.350 e. The maximum absolute atomic E-state index is 12.8. The van der Waals surface area contributed by atoms with Crippen molar-refractivity contribution >= 4 is 22.8 Å². The summed E-state index contributed by atoms with van der Waals surface area (Å²) in [6.07, 6.45) is 0. The number of hydrogen-bond acceptors (Lipinski definition) is 3. The van der Waals surface area contributed by atoms with Crippen molar-refractivity contribution in [1.29, 1.82) is 0 Å². The number of amides is 2. The summed E-state index contributed by atoms with van der Waals surface area (Å²) in [5, 5.41) is 5.98. The molecule has 0 unspecified atom stereocenters. The van der Waals surface area contributed by atoms with Gasteiger partial charge in [0, 0.05) is 12.1 Å². The summed E-state index contributed by atoms with van der Waals surface area (Å²) in [5.41, 5.74) is 4.45. The van der Waals surface area contributed by atoms with Crippen LogP contribution < -0.4 is 10.6 Å². The molecule has 0 aliphatic rings. The van der Waals surface area contributed by atoms with E-state index in [1.165, 1.54) is 5.56 Å². The van der Waals surface area contributed by atoms with Gasteiger partial charge in [0.25, 0.3) is 5.91 Å². The van der Waals surface area contributed by atoms with Gasteiger partial charge in [-0.2, -0.15) is 0 Å². The molecule has 0 fully saturated rings. The van der Waals surface area contributed by atoms with E-state index in [9.17, 15) is 9.59 Å². The Labute approximate surface area is 187 Å². The fraction of sp³-hybridized carbons (Fsp3) is 0.192. The number of carbonyl (C=O) groups excluding carboxylic acids is 2. The Morgan fingerprint density at radius 1 is 0.938 bits per heavy atom. The van der Waals surface area contributed by atoms with Crippen molar-refractivity contribution in [1.82, 2.24) is 20.2 Å². The van der Waals surface area contributed by atoms with Gasteiger partial charge in [0.1, 0.15) is 12.4 Å². The molecule has 2 N–H and O–H groups in total. The van der Waals surface area contributed by atoms with Crippen LogP contribution in [0.15, 0.2) is 78.9 Å². The van der Waals surface area contributed by atoms with Gasteiger partial charge in [0.2, 0.25) is 5.91 Å². The minimum Gasteiger partial charge on any atom is -0.350 e. The molecule has 6 nitrogen and oxygen atoms in total. The van der Waals surface area contributed by atoms with E-state index < -0.39 is 0 Å². The number of aryl methyl sites for hydroxylation is 1. The lowest BCUT2D eigenvalue weighted by atomic mass is 10.1. The predicted octanol–water partition coefficient (Wildman–Crippen LogP) is 4.15. The van der Waals surface area contributed by atoms with Crippen molar-refractivity contribution in [2.75, 3.05) is 0 Å². The number of nitrogens with zero attached hydrogens (tertiary/aromatic N) is 2. The third-order valence-electron chi connectivity index (χ3n) is 5.37.